The number of rotatable bonds is 5. The van der Waals surface area contributed by atoms with Gasteiger partial charge in [-0.05, 0) is 18.6 Å². The number of aromatic nitrogens is 1. The molecule has 1 aromatic carbocycles. The van der Waals surface area contributed by atoms with Crippen LogP contribution in [0.5, 0.6) is 0 Å². The molecule has 5 nitrogen and oxygen atoms in total. The molecule has 0 atom stereocenters. The highest BCUT2D eigenvalue weighted by Gasteiger charge is 2.19. The minimum absolute atomic E-state index is 0.888. The minimum Gasteiger partial charge on any atom is -0.377 e. The molecule has 2 aromatic rings. The molecule has 1 aliphatic rings. The first kappa shape index (κ1) is 16.0. The molecule has 1 aromatic heterocycles. The molecule has 1 fully saturated rings. The second-order valence-corrected chi connectivity index (χ2v) is 6.50. The molecule has 3 rings (SSSR count). The molecular formula is C18H26N4O. The van der Waals surface area contributed by atoms with E-state index in [1.165, 1.54) is 11.3 Å². The predicted octanol–water partition coefficient (Wildman–Crippen LogP) is 2.37. The molecule has 0 bridgehead atoms. The van der Waals surface area contributed by atoms with E-state index in [1.807, 2.05) is 13.0 Å². The van der Waals surface area contributed by atoms with Gasteiger partial charge in [0.2, 0.25) is 0 Å². The van der Waals surface area contributed by atoms with Crippen molar-refractivity contribution in [3.05, 3.63) is 47.3 Å². The summed E-state index contributed by atoms with van der Waals surface area (Å²) < 4.78 is 5.15. The number of hydrogen-bond donors (Lipinski definition) is 0. The van der Waals surface area contributed by atoms with E-state index < -0.39 is 0 Å². The van der Waals surface area contributed by atoms with Crippen LogP contribution in [0, 0.1) is 6.92 Å². The van der Waals surface area contributed by atoms with Crippen molar-refractivity contribution in [1.29, 1.82) is 0 Å². The van der Waals surface area contributed by atoms with E-state index in [9.17, 15) is 0 Å². The first-order valence-corrected chi connectivity index (χ1v) is 8.24. The van der Waals surface area contributed by atoms with Gasteiger partial charge in [0.05, 0.1) is 5.69 Å². The fourth-order valence-corrected chi connectivity index (χ4v) is 3.15. The van der Waals surface area contributed by atoms with Crippen LogP contribution in [0.25, 0.3) is 0 Å². The van der Waals surface area contributed by atoms with E-state index in [2.05, 4.69) is 58.2 Å². The molecule has 0 unspecified atom stereocenters. The first-order chi connectivity index (χ1) is 11.1. The lowest BCUT2D eigenvalue weighted by molar-refractivity contribution is 0.120. The van der Waals surface area contributed by atoms with Crippen molar-refractivity contribution in [3.63, 3.8) is 0 Å². The van der Waals surface area contributed by atoms with Gasteiger partial charge >= 0.3 is 0 Å². The quantitative estimate of drug-likeness (QED) is 0.847. The molecule has 23 heavy (non-hydrogen) atoms. The predicted molar refractivity (Wildman–Crippen MR) is 92.6 cm³/mol. The Morgan fingerprint density at radius 3 is 2.30 bits per heavy atom. The minimum atomic E-state index is 0.888. The average molecular weight is 314 g/mol. The highest BCUT2D eigenvalue weighted by molar-refractivity contribution is 5.52. The molecule has 0 N–H and O–H groups in total. The Balaban J connectivity index is 1.53. The Morgan fingerprint density at radius 1 is 1.04 bits per heavy atom. The summed E-state index contributed by atoms with van der Waals surface area (Å²) >= 11 is 0. The van der Waals surface area contributed by atoms with Gasteiger partial charge in [-0.2, -0.15) is 0 Å². The van der Waals surface area contributed by atoms with E-state index >= 15 is 0 Å². The normalized spacial score (nSPS) is 16.7. The summed E-state index contributed by atoms with van der Waals surface area (Å²) in [7, 11) is 4.22. The van der Waals surface area contributed by atoms with Crippen LogP contribution in [0.15, 0.2) is 34.9 Å². The van der Waals surface area contributed by atoms with Crippen molar-refractivity contribution in [1.82, 2.24) is 15.0 Å². The molecule has 0 saturated carbocycles. The molecule has 1 aliphatic heterocycles. The maximum atomic E-state index is 5.15. The molecule has 1 saturated heterocycles. The third-order valence-corrected chi connectivity index (χ3v) is 4.39. The van der Waals surface area contributed by atoms with Crippen LogP contribution in [-0.4, -0.2) is 55.2 Å². The fraction of sp³-hybridized carbons (Fsp3) is 0.500. The van der Waals surface area contributed by atoms with Crippen molar-refractivity contribution in [2.45, 2.75) is 20.0 Å². The summed E-state index contributed by atoms with van der Waals surface area (Å²) in [5.74, 6) is 0.888. The Bertz CT molecular complexity index is 629. The van der Waals surface area contributed by atoms with Crippen LogP contribution in [0.1, 0.15) is 17.0 Å². The maximum Gasteiger partial charge on any atom is 0.133 e. The van der Waals surface area contributed by atoms with E-state index in [0.29, 0.717) is 0 Å². The highest BCUT2D eigenvalue weighted by Crippen LogP contribution is 2.20. The van der Waals surface area contributed by atoms with Crippen molar-refractivity contribution in [2.75, 3.05) is 45.2 Å². The van der Waals surface area contributed by atoms with Gasteiger partial charge in [-0.25, -0.2) is 0 Å². The Labute approximate surface area is 138 Å². The zero-order chi connectivity index (χ0) is 16.2. The van der Waals surface area contributed by atoms with Gasteiger partial charge in [-0.15, -0.1) is 0 Å². The SMILES string of the molecule is Cc1cc(CN2CCN(Cc3ccccc3N(C)C)CC2)no1. The number of aryl methyl sites for hydroxylation is 1. The van der Waals surface area contributed by atoms with Crippen LogP contribution < -0.4 is 4.90 Å². The van der Waals surface area contributed by atoms with Crippen LogP contribution >= 0.6 is 0 Å². The molecule has 0 amide bonds. The van der Waals surface area contributed by atoms with E-state index in [4.69, 9.17) is 4.52 Å². The third-order valence-electron chi connectivity index (χ3n) is 4.39. The Morgan fingerprint density at radius 2 is 1.70 bits per heavy atom. The van der Waals surface area contributed by atoms with Gasteiger partial charge in [0.1, 0.15) is 5.76 Å². The van der Waals surface area contributed by atoms with E-state index in [-0.39, 0.29) is 0 Å². The van der Waals surface area contributed by atoms with Gasteiger partial charge in [0, 0.05) is 65.1 Å². The van der Waals surface area contributed by atoms with Crippen LogP contribution in [0.2, 0.25) is 0 Å². The molecule has 0 spiro atoms. The number of hydrogen-bond acceptors (Lipinski definition) is 5. The summed E-state index contributed by atoms with van der Waals surface area (Å²) in [6, 6.07) is 10.7. The third kappa shape index (κ3) is 4.12. The zero-order valence-electron chi connectivity index (χ0n) is 14.3. The summed E-state index contributed by atoms with van der Waals surface area (Å²) in [6.07, 6.45) is 0. The van der Waals surface area contributed by atoms with Gasteiger partial charge in [0.15, 0.2) is 0 Å². The highest BCUT2D eigenvalue weighted by atomic mass is 16.5. The topological polar surface area (TPSA) is 35.8 Å². The Hall–Kier alpha value is -1.85. The summed E-state index contributed by atoms with van der Waals surface area (Å²) in [5, 5.41) is 4.09. The van der Waals surface area contributed by atoms with Crippen LogP contribution in [0.4, 0.5) is 5.69 Å². The second kappa shape index (κ2) is 7.15. The Kier molecular flexibility index (Phi) is 4.98. The summed E-state index contributed by atoms with van der Waals surface area (Å²) in [6.45, 7) is 8.20. The molecule has 5 heteroatoms. The van der Waals surface area contributed by atoms with E-state index in [0.717, 1.165) is 50.7 Å². The summed E-state index contributed by atoms with van der Waals surface area (Å²) in [5.41, 5.74) is 3.75. The van der Waals surface area contributed by atoms with Gasteiger partial charge in [-0.1, -0.05) is 23.4 Å². The largest absolute Gasteiger partial charge is 0.377 e. The molecular weight excluding hydrogens is 288 g/mol. The van der Waals surface area contributed by atoms with Crippen LogP contribution in [-0.2, 0) is 13.1 Å². The molecule has 0 aliphatic carbocycles. The monoisotopic (exact) mass is 314 g/mol. The van der Waals surface area contributed by atoms with Crippen molar-refractivity contribution < 1.29 is 4.52 Å². The van der Waals surface area contributed by atoms with E-state index in [1.54, 1.807) is 0 Å². The second-order valence-electron chi connectivity index (χ2n) is 6.50. The lowest BCUT2D eigenvalue weighted by atomic mass is 10.1. The van der Waals surface area contributed by atoms with Gasteiger partial charge in [-0.3, -0.25) is 9.80 Å². The number of anilines is 1. The number of piperazine rings is 1. The standard InChI is InChI=1S/C18H26N4O/c1-15-12-17(19-23-15)14-22-10-8-21(9-11-22)13-16-6-4-5-7-18(16)20(2)3/h4-7,12H,8-11,13-14H2,1-3H3. The molecule has 124 valence electrons. The lowest BCUT2D eigenvalue weighted by Gasteiger charge is -2.34. The first-order valence-electron chi connectivity index (χ1n) is 8.24. The maximum absolute atomic E-state index is 5.15. The number of nitrogens with zero attached hydrogens (tertiary/aromatic N) is 4. The van der Waals surface area contributed by atoms with Crippen molar-refractivity contribution in [3.8, 4) is 0 Å². The smallest absolute Gasteiger partial charge is 0.133 e. The van der Waals surface area contributed by atoms with Gasteiger partial charge < -0.3 is 9.42 Å². The fourth-order valence-electron chi connectivity index (χ4n) is 3.15. The van der Waals surface area contributed by atoms with Gasteiger partial charge in [0.25, 0.3) is 0 Å². The van der Waals surface area contributed by atoms with Crippen molar-refractivity contribution >= 4 is 5.69 Å². The zero-order valence-corrected chi connectivity index (χ0v) is 14.3. The number of para-hydroxylation sites is 1. The summed E-state index contributed by atoms with van der Waals surface area (Å²) in [4.78, 5) is 7.18. The molecule has 0 radical (unpaired) electrons. The molecule has 2 heterocycles. The number of benzene rings is 1. The lowest BCUT2D eigenvalue weighted by Crippen LogP contribution is -2.45. The van der Waals surface area contributed by atoms with Crippen LogP contribution in [0.3, 0.4) is 0 Å². The average Bonchev–Trinajstić information content (AvgIpc) is 2.95. The van der Waals surface area contributed by atoms with Crippen molar-refractivity contribution in [2.24, 2.45) is 0 Å².